The maximum Gasteiger partial charge on any atom is 0.142 e. The lowest BCUT2D eigenvalue weighted by Gasteiger charge is -2.06. The van der Waals surface area contributed by atoms with Gasteiger partial charge < -0.3 is 21.5 Å². The summed E-state index contributed by atoms with van der Waals surface area (Å²) in [6.45, 7) is 13.7. The molecule has 4 heteroatoms. The number of nitrogens with two attached hydrogens (primary N) is 2. The van der Waals surface area contributed by atoms with Gasteiger partial charge >= 0.3 is 0 Å². The molecular formula is C26H39N3O. The summed E-state index contributed by atoms with van der Waals surface area (Å²) in [5.74, 6) is 0.704. The van der Waals surface area contributed by atoms with Crippen molar-refractivity contribution in [2.45, 2.75) is 40.7 Å². The van der Waals surface area contributed by atoms with Crippen molar-refractivity contribution in [3.05, 3.63) is 78.0 Å². The van der Waals surface area contributed by atoms with Crippen LogP contribution in [-0.2, 0) is 6.54 Å². The molecule has 0 aliphatic carbocycles. The molecule has 0 heterocycles. The third-order valence-corrected chi connectivity index (χ3v) is 3.86. The Hall–Kier alpha value is -3.16. The zero-order chi connectivity index (χ0) is 23.4. The van der Waals surface area contributed by atoms with Crippen molar-refractivity contribution < 1.29 is 4.74 Å². The van der Waals surface area contributed by atoms with E-state index < -0.39 is 0 Å². The molecule has 0 aromatic heterocycles. The first-order valence-electron chi connectivity index (χ1n) is 9.93. The molecule has 164 valence electrons. The van der Waals surface area contributed by atoms with E-state index in [1.165, 1.54) is 11.3 Å². The number of allylic oxidation sites excluding steroid dienone is 3. The van der Waals surface area contributed by atoms with E-state index in [9.17, 15) is 0 Å². The number of rotatable bonds is 6. The van der Waals surface area contributed by atoms with Gasteiger partial charge in [-0.2, -0.15) is 0 Å². The molecule has 2 aromatic carbocycles. The summed E-state index contributed by atoms with van der Waals surface area (Å²) in [6.07, 6.45) is 11.2. The van der Waals surface area contributed by atoms with Gasteiger partial charge in [0, 0.05) is 12.2 Å². The fourth-order valence-corrected chi connectivity index (χ4v) is 1.92. The van der Waals surface area contributed by atoms with E-state index in [1.807, 2.05) is 38.1 Å². The molecule has 0 fully saturated rings. The summed E-state index contributed by atoms with van der Waals surface area (Å²) >= 11 is 0. The number of nitrogens with one attached hydrogen (secondary N) is 1. The molecule has 0 aliphatic heterocycles. The Bertz CT molecular complexity index is 747. The van der Waals surface area contributed by atoms with Gasteiger partial charge in [0.05, 0.1) is 12.8 Å². The van der Waals surface area contributed by atoms with Crippen molar-refractivity contribution in [1.29, 1.82) is 0 Å². The zero-order valence-electron chi connectivity index (χ0n) is 19.2. The van der Waals surface area contributed by atoms with Crippen LogP contribution in [0.1, 0.15) is 45.2 Å². The minimum atomic E-state index is 0.655. The molecule has 0 amide bonds. The minimum absolute atomic E-state index is 0.655. The molecular weight excluding hydrogens is 370 g/mol. The Morgan fingerprint density at radius 3 is 2.13 bits per heavy atom. The number of anilines is 1. The monoisotopic (exact) mass is 409 g/mol. The average Bonchev–Trinajstić information content (AvgIpc) is 2.80. The van der Waals surface area contributed by atoms with Crippen LogP contribution in [0.4, 0.5) is 5.69 Å². The first kappa shape index (κ1) is 29.0. The number of hydrogen-bond acceptors (Lipinski definition) is 4. The third kappa shape index (κ3) is 13.9. The van der Waals surface area contributed by atoms with Crippen LogP contribution >= 0.6 is 0 Å². The number of benzene rings is 2. The molecule has 0 bridgehead atoms. The van der Waals surface area contributed by atoms with E-state index in [4.69, 9.17) is 16.2 Å². The summed E-state index contributed by atoms with van der Waals surface area (Å²) in [7, 11) is 1.61. The molecule has 4 nitrogen and oxygen atoms in total. The van der Waals surface area contributed by atoms with Crippen LogP contribution in [0.25, 0.3) is 5.57 Å². The predicted octanol–water partition coefficient (Wildman–Crippen LogP) is 5.61. The summed E-state index contributed by atoms with van der Waals surface area (Å²) in [4.78, 5) is 0. The number of nitrogen functional groups attached to an aromatic ring is 1. The van der Waals surface area contributed by atoms with Gasteiger partial charge in [-0.3, -0.25) is 0 Å². The maximum atomic E-state index is 5.65. The smallest absolute Gasteiger partial charge is 0.142 e. The molecule has 5 N–H and O–H groups in total. The Balaban J connectivity index is 0. The van der Waals surface area contributed by atoms with Gasteiger partial charge in [-0.05, 0) is 57.0 Å². The number of terminal acetylenes is 1. The molecule has 0 saturated heterocycles. The Kier molecular flexibility index (Phi) is 18.6. The molecule has 2 rings (SSSR count). The lowest BCUT2D eigenvalue weighted by Crippen LogP contribution is -2.09. The quantitative estimate of drug-likeness (QED) is 0.428. The molecule has 30 heavy (non-hydrogen) atoms. The van der Waals surface area contributed by atoms with Crippen molar-refractivity contribution in [2.24, 2.45) is 5.73 Å². The molecule has 0 aliphatic rings. The van der Waals surface area contributed by atoms with E-state index in [0.717, 1.165) is 30.6 Å². The highest BCUT2D eigenvalue weighted by Gasteiger charge is 2.00. The topological polar surface area (TPSA) is 73.3 Å². The van der Waals surface area contributed by atoms with E-state index >= 15 is 0 Å². The van der Waals surface area contributed by atoms with Crippen molar-refractivity contribution >= 4 is 11.3 Å². The van der Waals surface area contributed by atoms with Crippen LogP contribution in [0.15, 0.2) is 66.9 Å². The molecule has 0 atom stereocenters. The van der Waals surface area contributed by atoms with Crippen molar-refractivity contribution in [2.75, 3.05) is 19.4 Å². The number of hydrogen-bond donors (Lipinski definition) is 3. The van der Waals surface area contributed by atoms with E-state index in [2.05, 4.69) is 68.9 Å². The first-order valence-corrected chi connectivity index (χ1v) is 9.93. The lowest BCUT2D eigenvalue weighted by atomic mass is 10.1. The average molecular weight is 410 g/mol. The van der Waals surface area contributed by atoms with Gasteiger partial charge in [0.2, 0.25) is 0 Å². The van der Waals surface area contributed by atoms with Crippen LogP contribution in [-0.4, -0.2) is 13.7 Å². The fourth-order valence-electron chi connectivity index (χ4n) is 1.92. The SMILES string of the molecule is C#C.C/C=C(\C)NCc1ccccc1.C=C(C)c1ccc(N)c(OC)c1.CCCN. The largest absolute Gasteiger partial charge is 0.495 e. The molecule has 0 unspecified atom stereocenters. The van der Waals surface area contributed by atoms with Gasteiger partial charge in [-0.25, -0.2) is 0 Å². The van der Waals surface area contributed by atoms with Crippen LogP contribution in [0.2, 0.25) is 0 Å². The van der Waals surface area contributed by atoms with Crippen molar-refractivity contribution in [1.82, 2.24) is 5.32 Å². The molecule has 0 spiro atoms. The van der Waals surface area contributed by atoms with E-state index in [-0.39, 0.29) is 0 Å². The van der Waals surface area contributed by atoms with Gasteiger partial charge in [-0.1, -0.05) is 61.5 Å². The standard InChI is InChI=1S/C11H15N.C10H13NO.C3H9N.C2H2/c1-3-10(2)12-9-11-7-5-4-6-8-11;1-7(2)8-4-5-9(11)10(6-8)12-3;1-2-3-4;1-2/h3-8,12H,9H2,1-2H3;4-6H,1,11H2,2-3H3;2-4H2,1H3;1-2H/b10-3+;;;. The maximum absolute atomic E-state index is 5.65. The van der Waals surface area contributed by atoms with Crippen LogP contribution in [0, 0.1) is 12.8 Å². The highest BCUT2D eigenvalue weighted by Crippen LogP contribution is 2.24. The Morgan fingerprint density at radius 2 is 1.70 bits per heavy atom. The second-order valence-corrected chi connectivity index (χ2v) is 6.34. The molecule has 0 saturated carbocycles. The Labute approximate surface area is 184 Å². The molecule has 2 aromatic rings. The van der Waals surface area contributed by atoms with Crippen molar-refractivity contribution in [3.8, 4) is 18.6 Å². The number of methoxy groups -OCH3 is 1. The second kappa shape index (κ2) is 19.2. The van der Waals surface area contributed by atoms with E-state index in [0.29, 0.717) is 11.4 Å². The lowest BCUT2D eigenvalue weighted by molar-refractivity contribution is 0.417. The zero-order valence-corrected chi connectivity index (χ0v) is 19.2. The summed E-state index contributed by atoms with van der Waals surface area (Å²) in [5, 5.41) is 3.31. The van der Waals surface area contributed by atoms with Crippen LogP contribution < -0.4 is 21.5 Å². The number of ether oxygens (including phenoxy) is 1. The van der Waals surface area contributed by atoms with Crippen LogP contribution in [0.5, 0.6) is 5.75 Å². The summed E-state index contributed by atoms with van der Waals surface area (Å²) < 4.78 is 5.07. The van der Waals surface area contributed by atoms with Gasteiger partial charge in [0.15, 0.2) is 0 Å². The highest BCUT2D eigenvalue weighted by molar-refractivity contribution is 5.67. The first-order chi connectivity index (χ1) is 14.4. The van der Waals surface area contributed by atoms with E-state index in [1.54, 1.807) is 7.11 Å². The fraction of sp³-hybridized carbons (Fsp3) is 0.308. The normalized spacial score (nSPS) is 9.40. The highest BCUT2D eigenvalue weighted by atomic mass is 16.5. The second-order valence-electron chi connectivity index (χ2n) is 6.34. The van der Waals surface area contributed by atoms with Crippen molar-refractivity contribution in [3.63, 3.8) is 0 Å². The minimum Gasteiger partial charge on any atom is -0.495 e. The van der Waals surface area contributed by atoms with Crippen LogP contribution in [0.3, 0.4) is 0 Å². The third-order valence-electron chi connectivity index (χ3n) is 3.86. The van der Waals surface area contributed by atoms with Gasteiger partial charge in [-0.15, -0.1) is 12.8 Å². The summed E-state index contributed by atoms with van der Waals surface area (Å²) in [5.41, 5.74) is 15.9. The summed E-state index contributed by atoms with van der Waals surface area (Å²) in [6, 6.07) is 16.0. The Morgan fingerprint density at radius 1 is 1.13 bits per heavy atom. The van der Waals surface area contributed by atoms with Gasteiger partial charge in [0.25, 0.3) is 0 Å². The molecule has 0 radical (unpaired) electrons. The van der Waals surface area contributed by atoms with Gasteiger partial charge in [0.1, 0.15) is 5.75 Å². The predicted molar refractivity (Wildman–Crippen MR) is 134 cm³/mol.